The predicted molar refractivity (Wildman–Crippen MR) is 71.2 cm³/mol. The van der Waals surface area contributed by atoms with Crippen LogP contribution < -0.4 is 10.6 Å². The maximum atomic E-state index is 13.7. The van der Waals surface area contributed by atoms with Crippen LogP contribution in [0.5, 0.6) is 0 Å². The van der Waals surface area contributed by atoms with Crippen molar-refractivity contribution in [3.05, 3.63) is 54.0 Å². The van der Waals surface area contributed by atoms with Crippen molar-refractivity contribution >= 4 is 17.3 Å². The number of hydrogen-bond acceptors (Lipinski definition) is 4. The minimum atomic E-state index is -0.417. The number of benzene rings is 1. The minimum Gasteiger partial charge on any atom is -0.409 e. The standard InChI is InChI=1S/C13H13FN4O/c1-18(13-11(14)6-3-7-16-13)10-5-2-4-9(8-10)12(15)17-19/h2-8,19H,1H3,(H2,15,17). The molecular formula is C13H13FN4O. The summed E-state index contributed by atoms with van der Waals surface area (Å²) in [6.45, 7) is 0. The Balaban J connectivity index is 2.40. The molecule has 0 aliphatic rings. The van der Waals surface area contributed by atoms with Crippen molar-refractivity contribution in [3.63, 3.8) is 0 Å². The summed E-state index contributed by atoms with van der Waals surface area (Å²) in [5.74, 6) is -0.213. The average Bonchev–Trinajstić information content (AvgIpc) is 2.46. The predicted octanol–water partition coefficient (Wildman–Crippen LogP) is 2.08. The lowest BCUT2D eigenvalue weighted by Crippen LogP contribution is -2.16. The normalized spacial score (nSPS) is 11.4. The smallest absolute Gasteiger partial charge is 0.170 e. The highest BCUT2D eigenvalue weighted by molar-refractivity contribution is 5.97. The van der Waals surface area contributed by atoms with Crippen LogP contribution in [-0.4, -0.2) is 23.1 Å². The van der Waals surface area contributed by atoms with E-state index < -0.39 is 5.82 Å². The summed E-state index contributed by atoms with van der Waals surface area (Å²) in [7, 11) is 1.69. The molecule has 0 saturated carbocycles. The third-order valence-electron chi connectivity index (χ3n) is 2.69. The highest BCUT2D eigenvalue weighted by Gasteiger charge is 2.11. The van der Waals surface area contributed by atoms with Crippen molar-refractivity contribution in [1.82, 2.24) is 4.98 Å². The van der Waals surface area contributed by atoms with Crippen LogP contribution in [-0.2, 0) is 0 Å². The maximum Gasteiger partial charge on any atom is 0.170 e. The minimum absolute atomic E-state index is 0.00302. The number of pyridine rings is 1. The summed E-state index contributed by atoms with van der Waals surface area (Å²) in [5, 5.41) is 11.6. The van der Waals surface area contributed by atoms with Gasteiger partial charge in [-0.3, -0.25) is 0 Å². The van der Waals surface area contributed by atoms with Gasteiger partial charge in [0.25, 0.3) is 0 Å². The zero-order valence-corrected chi connectivity index (χ0v) is 10.3. The van der Waals surface area contributed by atoms with E-state index in [-0.39, 0.29) is 11.7 Å². The largest absolute Gasteiger partial charge is 0.409 e. The van der Waals surface area contributed by atoms with E-state index in [9.17, 15) is 4.39 Å². The molecule has 98 valence electrons. The van der Waals surface area contributed by atoms with E-state index in [1.807, 2.05) is 0 Å². The van der Waals surface area contributed by atoms with Crippen LogP contribution in [0.15, 0.2) is 47.8 Å². The lowest BCUT2D eigenvalue weighted by molar-refractivity contribution is 0.318. The first-order valence-electron chi connectivity index (χ1n) is 5.55. The van der Waals surface area contributed by atoms with Crippen LogP contribution in [0.4, 0.5) is 15.9 Å². The van der Waals surface area contributed by atoms with Crippen LogP contribution in [0, 0.1) is 5.82 Å². The topological polar surface area (TPSA) is 74.7 Å². The third kappa shape index (κ3) is 2.62. The van der Waals surface area contributed by atoms with E-state index >= 15 is 0 Å². The van der Waals surface area contributed by atoms with E-state index in [1.165, 1.54) is 18.3 Å². The Hall–Kier alpha value is -2.63. The molecule has 0 spiro atoms. The zero-order chi connectivity index (χ0) is 13.8. The second kappa shape index (κ2) is 5.34. The van der Waals surface area contributed by atoms with Gasteiger partial charge in [-0.25, -0.2) is 9.37 Å². The Labute approximate surface area is 109 Å². The molecule has 0 aliphatic heterocycles. The van der Waals surface area contributed by atoms with Gasteiger partial charge in [0.15, 0.2) is 17.5 Å². The first kappa shape index (κ1) is 12.8. The van der Waals surface area contributed by atoms with Crippen molar-refractivity contribution in [2.24, 2.45) is 10.9 Å². The first-order chi connectivity index (χ1) is 9.13. The number of halogens is 1. The molecule has 6 heteroatoms. The van der Waals surface area contributed by atoms with Gasteiger partial charge in [0.05, 0.1) is 0 Å². The van der Waals surface area contributed by atoms with Gasteiger partial charge in [-0.05, 0) is 24.3 Å². The van der Waals surface area contributed by atoms with E-state index in [0.29, 0.717) is 11.3 Å². The second-order valence-electron chi connectivity index (χ2n) is 3.90. The third-order valence-corrected chi connectivity index (χ3v) is 2.69. The molecule has 2 rings (SSSR count). The quantitative estimate of drug-likeness (QED) is 0.383. The Morgan fingerprint density at radius 3 is 2.84 bits per heavy atom. The molecule has 1 aromatic carbocycles. The van der Waals surface area contributed by atoms with Crippen LogP contribution in [0.1, 0.15) is 5.56 Å². The molecule has 0 radical (unpaired) electrons. The van der Waals surface area contributed by atoms with Crippen molar-refractivity contribution in [2.75, 3.05) is 11.9 Å². The summed E-state index contributed by atoms with van der Waals surface area (Å²) < 4.78 is 13.7. The molecule has 1 heterocycles. The van der Waals surface area contributed by atoms with Gasteiger partial charge in [-0.2, -0.15) is 0 Å². The highest BCUT2D eigenvalue weighted by Crippen LogP contribution is 2.24. The van der Waals surface area contributed by atoms with Crippen LogP contribution >= 0.6 is 0 Å². The molecule has 0 saturated heterocycles. The van der Waals surface area contributed by atoms with Crippen molar-refractivity contribution in [1.29, 1.82) is 0 Å². The second-order valence-corrected chi connectivity index (χ2v) is 3.90. The number of oxime groups is 1. The number of nitrogens with zero attached hydrogens (tertiary/aromatic N) is 3. The molecule has 3 N–H and O–H groups in total. The molecule has 0 bridgehead atoms. The Bertz CT molecular complexity index is 615. The van der Waals surface area contributed by atoms with E-state index in [2.05, 4.69) is 10.1 Å². The Morgan fingerprint density at radius 2 is 2.16 bits per heavy atom. The number of nitrogens with two attached hydrogens (primary N) is 1. The van der Waals surface area contributed by atoms with E-state index in [1.54, 1.807) is 36.2 Å². The number of anilines is 2. The lowest BCUT2D eigenvalue weighted by atomic mass is 10.1. The molecule has 5 nitrogen and oxygen atoms in total. The van der Waals surface area contributed by atoms with Gasteiger partial charge < -0.3 is 15.8 Å². The summed E-state index contributed by atoms with van der Waals surface area (Å²) in [6, 6.07) is 9.76. The molecule has 0 aliphatic carbocycles. The van der Waals surface area contributed by atoms with Gasteiger partial charge in [0, 0.05) is 24.5 Å². The molecule has 0 amide bonds. The average molecular weight is 260 g/mol. The summed E-state index contributed by atoms with van der Waals surface area (Å²) >= 11 is 0. The molecule has 1 aromatic heterocycles. The number of hydrogen-bond donors (Lipinski definition) is 2. The summed E-state index contributed by atoms with van der Waals surface area (Å²) in [4.78, 5) is 5.58. The zero-order valence-electron chi connectivity index (χ0n) is 10.3. The summed E-state index contributed by atoms with van der Waals surface area (Å²) in [5.41, 5.74) is 6.75. The number of aromatic nitrogens is 1. The lowest BCUT2D eigenvalue weighted by Gasteiger charge is -2.19. The number of amidine groups is 1. The van der Waals surface area contributed by atoms with Crippen LogP contribution in [0.3, 0.4) is 0 Å². The van der Waals surface area contributed by atoms with Crippen LogP contribution in [0.25, 0.3) is 0 Å². The fraction of sp³-hybridized carbons (Fsp3) is 0.0769. The van der Waals surface area contributed by atoms with Gasteiger partial charge in [0.2, 0.25) is 0 Å². The molecule has 19 heavy (non-hydrogen) atoms. The molecular weight excluding hydrogens is 247 g/mol. The fourth-order valence-corrected chi connectivity index (χ4v) is 1.68. The molecule has 0 fully saturated rings. The monoisotopic (exact) mass is 260 g/mol. The molecule has 0 atom stereocenters. The Kier molecular flexibility index (Phi) is 3.61. The number of rotatable bonds is 3. The Morgan fingerprint density at radius 1 is 1.37 bits per heavy atom. The summed E-state index contributed by atoms with van der Waals surface area (Å²) in [6.07, 6.45) is 1.52. The van der Waals surface area contributed by atoms with E-state index in [0.717, 1.165) is 0 Å². The highest BCUT2D eigenvalue weighted by atomic mass is 19.1. The van der Waals surface area contributed by atoms with Gasteiger partial charge in [-0.1, -0.05) is 17.3 Å². The van der Waals surface area contributed by atoms with Crippen LogP contribution in [0.2, 0.25) is 0 Å². The van der Waals surface area contributed by atoms with E-state index in [4.69, 9.17) is 10.9 Å². The van der Waals surface area contributed by atoms with Gasteiger partial charge in [0.1, 0.15) is 0 Å². The van der Waals surface area contributed by atoms with Gasteiger partial charge in [-0.15, -0.1) is 0 Å². The van der Waals surface area contributed by atoms with Crippen molar-refractivity contribution in [2.45, 2.75) is 0 Å². The maximum absolute atomic E-state index is 13.7. The molecule has 2 aromatic rings. The molecule has 0 unspecified atom stereocenters. The van der Waals surface area contributed by atoms with Gasteiger partial charge >= 0.3 is 0 Å². The first-order valence-corrected chi connectivity index (χ1v) is 5.55. The van der Waals surface area contributed by atoms with Crippen molar-refractivity contribution < 1.29 is 9.60 Å². The fourth-order valence-electron chi connectivity index (χ4n) is 1.68. The van der Waals surface area contributed by atoms with Crippen molar-refractivity contribution in [3.8, 4) is 0 Å². The SMILES string of the molecule is CN(c1cccc(C(N)=NO)c1)c1ncccc1F.